The van der Waals surface area contributed by atoms with Crippen LogP contribution in [0.5, 0.6) is 0 Å². The molecule has 1 aliphatic rings. The summed E-state index contributed by atoms with van der Waals surface area (Å²) < 4.78 is 38.6. The fourth-order valence-corrected chi connectivity index (χ4v) is 3.55. The van der Waals surface area contributed by atoms with E-state index in [9.17, 15) is 13.2 Å². The number of hydrogen-bond donors (Lipinski definition) is 0. The molecular formula is C21H25F3N2. The van der Waals surface area contributed by atoms with Gasteiger partial charge in [-0.15, -0.1) is 0 Å². The molecule has 0 aromatic heterocycles. The Bertz CT molecular complexity index is 692. The minimum atomic E-state index is -4.28. The zero-order valence-corrected chi connectivity index (χ0v) is 15.0. The summed E-state index contributed by atoms with van der Waals surface area (Å²) in [6.45, 7) is 6.94. The monoisotopic (exact) mass is 362 g/mol. The van der Waals surface area contributed by atoms with Crippen LogP contribution in [-0.4, -0.2) is 42.0 Å². The Labute approximate surface area is 153 Å². The van der Waals surface area contributed by atoms with Crippen molar-refractivity contribution in [3.05, 3.63) is 71.3 Å². The van der Waals surface area contributed by atoms with E-state index in [1.165, 1.54) is 17.7 Å². The van der Waals surface area contributed by atoms with Crippen molar-refractivity contribution in [3.63, 3.8) is 0 Å². The Kier molecular flexibility index (Phi) is 5.99. The van der Waals surface area contributed by atoms with Gasteiger partial charge in [0.25, 0.3) is 0 Å². The van der Waals surface area contributed by atoms with Gasteiger partial charge in [-0.2, -0.15) is 13.2 Å². The quantitative estimate of drug-likeness (QED) is 0.775. The van der Waals surface area contributed by atoms with Crippen LogP contribution in [0.25, 0.3) is 0 Å². The number of piperazine rings is 1. The molecular weight excluding hydrogens is 337 g/mol. The van der Waals surface area contributed by atoms with Gasteiger partial charge in [0.1, 0.15) is 0 Å². The van der Waals surface area contributed by atoms with Crippen LogP contribution in [0.15, 0.2) is 54.6 Å². The van der Waals surface area contributed by atoms with Crippen molar-refractivity contribution >= 4 is 0 Å². The fourth-order valence-electron chi connectivity index (χ4n) is 3.55. The molecule has 2 aromatic carbocycles. The van der Waals surface area contributed by atoms with Gasteiger partial charge in [-0.25, -0.2) is 0 Å². The Morgan fingerprint density at radius 3 is 2.19 bits per heavy atom. The second-order valence-corrected chi connectivity index (χ2v) is 7.05. The largest absolute Gasteiger partial charge is 0.416 e. The molecule has 0 aliphatic carbocycles. The molecule has 0 N–H and O–H groups in total. The summed E-state index contributed by atoms with van der Waals surface area (Å²) in [7, 11) is 0. The van der Waals surface area contributed by atoms with Gasteiger partial charge < -0.3 is 0 Å². The van der Waals surface area contributed by atoms with Crippen molar-refractivity contribution in [3.8, 4) is 0 Å². The fraction of sp³-hybridized carbons (Fsp3) is 0.429. The minimum Gasteiger partial charge on any atom is -0.298 e. The predicted molar refractivity (Wildman–Crippen MR) is 97.9 cm³/mol. The Balaban J connectivity index is 1.52. The second-order valence-electron chi connectivity index (χ2n) is 7.05. The van der Waals surface area contributed by atoms with Crippen LogP contribution >= 0.6 is 0 Å². The average Bonchev–Trinajstić information content (AvgIpc) is 2.63. The number of nitrogens with zero attached hydrogens (tertiary/aromatic N) is 2. The van der Waals surface area contributed by atoms with E-state index < -0.39 is 11.7 Å². The highest BCUT2D eigenvalue weighted by Crippen LogP contribution is 2.30. The first kappa shape index (κ1) is 18.9. The smallest absolute Gasteiger partial charge is 0.298 e. The topological polar surface area (TPSA) is 6.48 Å². The number of benzene rings is 2. The number of halogens is 3. The summed E-state index contributed by atoms with van der Waals surface area (Å²) in [6.07, 6.45) is -3.63. The molecule has 3 rings (SSSR count). The lowest BCUT2D eigenvalue weighted by atomic mass is 10.0. The lowest BCUT2D eigenvalue weighted by Gasteiger charge is -2.38. The molecule has 0 spiro atoms. The Morgan fingerprint density at radius 1 is 0.885 bits per heavy atom. The number of hydrogen-bond acceptors (Lipinski definition) is 2. The third kappa shape index (κ3) is 5.08. The lowest BCUT2D eigenvalue weighted by Crippen LogP contribution is -2.49. The number of rotatable bonds is 5. The van der Waals surface area contributed by atoms with Crippen LogP contribution in [0.1, 0.15) is 23.6 Å². The van der Waals surface area contributed by atoms with Gasteiger partial charge in [-0.1, -0.05) is 48.5 Å². The van der Waals surface area contributed by atoms with E-state index in [2.05, 4.69) is 41.0 Å². The highest BCUT2D eigenvalue weighted by atomic mass is 19.4. The molecule has 5 heteroatoms. The summed E-state index contributed by atoms with van der Waals surface area (Å²) in [6, 6.07) is 16.4. The first-order chi connectivity index (χ1) is 12.4. The minimum absolute atomic E-state index is 0.234. The first-order valence-corrected chi connectivity index (χ1v) is 9.08. The highest BCUT2D eigenvalue weighted by molar-refractivity contribution is 5.26. The Morgan fingerprint density at radius 2 is 1.54 bits per heavy atom. The molecule has 26 heavy (non-hydrogen) atoms. The molecule has 0 bridgehead atoms. The van der Waals surface area contributed by atoms with Crippen molar-refractivity contribution in [1.82, 2.24) is 9.80 Å². The van der Waals surface area contributed by atoms with Crippen LogP contribution in [0.4, 0.5) is 13.2 Å². The van der Waals surface area contributed by atoms with Gasteiger partial charge in [-0.05, 0) is 30.5 Å². The van der Waals surface area contributed by atoms with Crippen LogP contribution in [0, 0.1) is 0 Å². The molecule has 2 nitrogen and oxygen atoms in total. The zero-order valence-electron chi connectivity index (χ0n) is 15.0. The third-order valence-corrected chi connectivity index (χ3v) is 5.06. The van der Waals surface area contributed by atoms with E-state index in [0.29, 0.717) is 6.42 Å². The van der Waals surface area contributed by atoms with E-state index >= 15 is 0 Å². The van der Waals surface area contributed by atoms with Gasteiger partial charge in [0, 0.05) is 38.8 Å². The SMILES string of the molecule is C[C@H](Cc1cccc(C(F)(F)F)c1)N1CCN(Cc2ccccc2)CC1. The van der Waals surface area contributed by atoms with E-state index in [4.69, 9.17) is 0 Å². The van der Waals surface area contributed by atoms with Crippen LogP contribution in [-0.2, 0) is 19.1 Å². The summed E-state index contributed by atoms with van der Waals surface area (Å²) >= 11 is 0. The summed E-state index contributed by atoms with van der Waals surface area (Å²) in [5, 5.41) is 0. The molecule has 0 saturated carbocycles. The van der Waals surface area contributed by atoms with Gasteiger partial charge in [-0.3, -0.25) is 9.80 Å². The van der Waals surface area contributed by atoms with Gasteiger partial charge in [0.15, 0.2) is 0 Å². The van der Waals surface area contributed by atoms with E-state index in [1.54, 1.807) is 6.07 Å². The van der Waals surface area contributed by atoms with Gasteiger partial charge >= 0.3 is 6.18 Å². The first-order valence-electron chi connectivity index (χ1n) is 9.08. The van der Waals surface area contributed by atoms with E-state index in [0.717, 1.165) is 44.4 Å². The van der Waals surface area contributed by atoms with Crippen LogP contribution in [0.3, 0.4) is 0 Å². The molecule has 1 heterocycles. The predicted octanol–water partition coefficient (Wildman–Crippen LogP) is 4.45. The maximum atomic E-state index is 12.9. The Hall–Kier alpha value is -1.85. The van der Waals surface area contributed by atoms with Gasteiger partial charge in [0.05, 0.1) is 5.56 Å². The van der Waals surface area contributed by atoms with Gasteiger partial charge in [0.2, 0.25) is 0 Å². The van der Waals surface area contributed by atoms with E-state index in [-0.39, 0.29) is 6.04 Å². The van der Waals surface area contributed by atoms with Crippen molar-refractivity contribution in [2.45, 2.75) is 32.1 Å². The second kappa shape index (κ2) is 8.23. The third-order valence-electron chi connectivity index (χ3n) is 5.06. The lowest BCUT2D eigenvalue weighted by molar-refractivity contribution is -0.137. The molecule has 0 radical (unpaired) electrons. The molecule has 140 valence electrons. The summed E-state index contributed by atoms with van der Waals surface area (Å²) in [5.41, 5.74) is 1.51. The molecule has 1 aliphatic heterocycles. The molecule has 2 aromatic rings. The molecule has 0 unspecified atom stereocenters. The molecule has 1 saturated heterocycles. The van der Waals surface area contributed by atoms with E-state index in [1.807, 2.05) is 6.07 Å². The van der Waals surface area contributed by atoms with Crippen molar-refractivity contribution in [2.24, 2.45) is 0 Å². The normalized spacial score (nSPS) is 18.0. The number of alkyl halides is 3. The average molecular weight is 362 g/mol. The maximum Gasteiger partial charge on any atom is 0.416 e. The van der Waals surface area contributed by atoms with Crippen LogP contribution in [0.2, 0.25) is 0 Å². The molecule has 1 atom stereocenters. The zero-order chi connectivity index (χ0) is 18.6. The molecule has 1 fully saturated rings. The van der Waals surface area contributed by atoms with Crippen molar-refractivity contribution in [2.75, 3.05) is 26.2 Å². The summed E-state index contributed by atoms with van der Waals surface area (Å²) in [5.74, 6) is 0. The van der Waals surface area contributed by atoms with Crippen LogP contribution < -0.4 is 0 Å². The van der Waals surface area contributed by atoms with Crippen molar-refractivity contribution in [1.29, 1.82) is 0 Å². The highest BCUT2D eigenvalue weighted by Gasteiger charge is 2.30. The maximum absolute atomic E-state index is 12.9. The van der Waals surface area contributed by atoms with Crippen molar-refractivity contribution < 1.29 is 13.2 Å². The summed E-state index contributed by atoms with van der Waals surface area (Å²) in [4.78, 5) is 4.81. The standard InChI is InChI=1S/C21H25F3N2/c1-17(14-19-8-5-9-20(15-19)21(22,23)24)26-12-10-25(11-13-26)16-18-6-3-2-4-7-18/h2-9,15,17H,10-14,16H2,1H3/t17-/m1/s1. The molecule has 0 amide bonds.